The summed E-state index contributed by atoms with van der Waals surface area (Å²) < 4.78 is 15.3. The Kier molecular flexibility index (Phi) is 5.41. The van der Waals surface area contributed by atoms with Gasteiger partial charge in [-0.25, -0.2) is 0 Å². The van der Waals surface area contributed by atoms with Crippen molar-refractivity contribution in [2.75, 3.05) is 21.3 Å². The van der Waals surface area contributed by atoms with Crippen LogP contribution in [0.5, 0.6) is 5.75 Å². The van der Waals surface area contributed by atoms with Crippen molar-refractivity contribution in [2.45, 2.75) is 13.2 Å². The first-order valence-corrected chi connectivity index (χ1v) is 5.44. The highest BCUT2D eigenvalue weighted by atomic mass is 35.5. The van der Waals surface area contributed by atoms with E-state index >= 15 is 0 Å². The predicted octanol–water partition coefficient (Wildman–Crippen LogP) is 3.06. The SMILES string of the molecule is COc1ccc(N=C(C)C(OC)OC)cc1Cl. The minimum absolute atomic E-state index is 0.448. The van der Waals surface area contributed by atoms with Gasteiger partial charge in [0, 0.05) is 14.2 Å². The Labute approximate surface area is 106 Å². The molecule has 0 fully saturated rings. The Hall–Kier alpha value is -1.10. The Morgan fingerprint density at radius 3 is 2.35 bits per heavy atom. The molecule has 0 aliphatic rings. The molecule has 0 aliphatic heterocycles. The number of aliphatic imine (C=N–C) groups is 1. The maximum absolute atomic E-state index is 6.00. The third-order valence-corrected chi connectivity index (χ3v) is 2.51. The van der Waals surface area contributed by atoms with Crippen molar-refractivity contribution in [1.82, 2.24) is 0 Å². The van der Waals surface area contributed by atoms with E-state index in [0.717, 1.165) is 11.4 Å². The predicted molar refractivity (Wildman–Crippen MR) is 68.6 cm³/mol. The molecule has 94 valence electrons. The van der Waals surface area contributed by atoms with Crippen LogP contribution in [0.25, 0.3) is 0 Å². The summed E-state index contributed by atoms with van der Waals surface area (Å²) in [6.45, 7) is 1.83. The molecule has 1 aromatic carbocycles. The Morgan fingerprint density at radius 1 is 1.24 bits per heavy atom. The van der Waals surface area contributed by atoms with Crippen LogP contribution in [0.4, 0.5) is 5.69 Å². The quantitative estimate of drug-likeness (QED) is 0.601. The van der Waals surface area contributed by atoms with Gasteiger partial charge in [0.15, 0.2) is 6.29 Å². The molecule has 17 heavy (non-hydrogen) atoms. The number of nitrogens with zero attached hydrogens (tertiary/aromatic N) is 1. The van der Waals surface area contributed by atoms with Crippen LogP contribution in [0.3, 0.4) is 0 Å². The highest BCUT2D eigenvalue weighted by Crippen LogP contribution is 2.28. The summed E-state index contributed by atoms with van der Waals surface area (Å²) in [6, 6.07) is 5.31. The van der Waals surface area contributed by atoms with Gasteiger partial charge in [-0.1, -0.05) is 11.6 Å². The lowest BCUT2D eigenvalue weighted by atomic mass is 10.3. The second-order valence-electron chi connectivity index (χ2n) is 3.38. The summed E-state index contributed by atoms with van der Waals surface area (Å²) in [4.78, 5) is 4.36. The number of rotatable bonds is 5. The molecule has 1 rings (SSSR count). The van der Waals surface area contributed by atoms with E-state index in [9.17, 15) is 0 Å². The van der Waals surface area contributed by atoms with Gasteiger partial charge in [0.1, 0.15) is 5.75 Å². The molecular weight excluding hydrogens is 242 g/mol. The van der Waals surface area contributed by atoms with Crippen LogP contribution in [0.2, 0.25) is 5.02 Å². The lowest BCUT2D eigenvalue weighted by molar-refractivity contribution is -0.0522. The monoisotopic (exact) mass is 257 g/mol. The topological polar surface area (TPSA) is 40.0 Å². The second-order valence-corrected chi connectivity index (χ2v) is 3.78. The average molecular weight is 258 g/mol. The lowest BCUT2D eigenvalue weighted by Crippen LogP contribution is -2.21. The first-order chi connectivity index (χ1) is 8.12. The fourth-order valence-electron chi connectivity index (χ4n) is 1.42. The number of hydrogen-bond acceptors (Lipinski definition) is 4. The van der Waals surface area contributed by atoms with Crippen molar-refractivity contribution in [1.29, 1.82) is 0 Å². The molecule has 0 unspecified atom stereocenters. The van der Waals surface area contributed by atoms with Crippen molar-refractivity contribution < 1.29 is 14.2 Å². The van der Waals surface area contributed by atoms with Crippen LogP contribution < -0.4 is 4.74 Å². The molecule has 0 spiro atoms. The van der Waals surface area contributed by atoms with E-state index in [1.807, 2.05) is 13.0 Å². The zero-order chi connectivity index (χ0) is 12.8. The van der Waals surface area contributed by atoms with Crippen molar-refractivity contribution in [3.8, 4) is 5.75 Å². The van der Waals surface area contributed by atoms with E-state index in [4.69, 9.17) is 25.8 Å². The van der Waals surface area contributed by atoms with Crippen molar-refractivity contribution >= 4 is 23.0 Å². The number of halogens is 1. The molecule has 5 heteroatoms. The van der Waals surface area contributed by atoms with Crippen LogP contribution in [0.15, 0.2) is 23.2 Å². The van der Waals surface area contributed by atoms with Gasteiger partial charge in [0.2, 0.25) is 0 Å². The summed E-state index contributed by atoms with van der Waals surface area (Å²) in [5, 5.41) is 0.521. The lowest BCUT2D eigenvalue weighted by Gasteiger charge is -2.12. The van der Waals surface area contributed by atoms with Crippen LogP contribution in [0, 0.1) is 0 Å². The third kappa shape index (κ3) is 3.70. The van der Waals surface area contributed by atoms with Crippen LogP contribution in [-0.4, -0.2) is 33.3 Å². The molecule has 4 nitrogen and oxygen atoms in total. The molecular formula is C12H16ClNO3. The standard InChI is InChI=1S/C12H16ClNO3/c1-8(12(16-3)17-4)14-9-5-6-11(15-2)10(13)7-9/h5-7,12H,1-4H3. The molecule has 0 amide bonds. The van der Waals surface area contributed by atoms with Crippen LogP contribution >= 0.6 is 11.6 Å². The molecule has 0 N–H and O–H groups in total. The van der Waals surface area contributed by atoms with E-state index in [-0.39, 0.29) is 0 Å². The summed E-state index contributed by atoms with van der Waals surface area (Å²) in [7, 11) is 4.70. The van der Waals surface area contributed by atoms with Gasteiger partial charge in [0.05, 0.1) is 23.5 Å². The molecule has 0 saturated heterocycles. The van der Waals surface area contributed by atoms with Gasteiger partial charge in [-0.3, -0.25) is 4.99 Å². The van der Waals surface area contributed by atoms with Crippen molar-refractivity contribution in [3.63, 3.8) is 0 Å². The first kappa shape index (κ1) is 14.0. The number of methoxy groups -OCH3 is 3. The van der Waals surface area contributed by atoms with Gasteiger partial charge in [-0.05, 0) is 25.1 Å². The van der Waals surface area contributed by atoms with Crippen LogP contribution in [-0.2, 0) is 9.47 Å². The number of hydrogen-bond donors (Lipinski definition) is 0. The van der Waals surface area contributed by atoms with E-state index in [1.165, 1.54) is 0 Å². The van der Waals surface area contributed by atoms with Gasteiger partial charge in [-0.2, -0.15) is 0 Å². The number of ether oxygens (including phenoxy) is 3. The van der Waals surface area contributed by atoms with Gasteiger partial charge < -0.3 is 14.2 Å². The van der Waals surface area contributed by atoms with E-state index in [2.05, 4.69) is 4.99 Å². The fraction of sp³-hybridized carbons (Fsp3) is 0.417. The maximum atomic E-state index is 6.00. The van der Waals surface area contributed by atoms with E-state index in [0.29, 0.717) is 10.8 Å². The van der Waals surface area contributed by atoms with Gasteiger partial charge in [-0.15, -0.1) is 0 Å². The first-order valence-electron chi connectivity index (χ1n) is 5.06. The molecule has 0 aliphatic carbocycles. The summed E-state index contributed by atoms with van der Waals surface area (Å²) in [5.41, 5.74) is 1.45. The Morgan fingerprint density at radius 2 is 1.88 bits per heavy atom. The molecule has 0 saturated carbocycles. The molecule has 1 aromatic rings. The zero-order valence-electron chi connectivity index (χ0n) is 10.4. The molecule has 0 aromatic heterocycles. The highest BCUT2D eigenvalue weighted by Gasteiger charge is 2.09. The largest absolute Gasteiger partial charge is 0.495 e. The third-order valence-electron chi connectivity index (χ3n) is 2.21. The maximum Gasteiger partial charge on any atom is 0.196 e. The smallest absolute Gasteiger partial charge is 0.196 e. The van der Waals surface area contributed by atoms with E-state index in [1.54, 1.807) is 33.5 Å². The summed E-state index contributed by atoms with van der Waals surface area (Å²) >= 11 is 6.00. The molecule has 0 bridgehead atoms. The van der Waals surface area contributed by atoms with Crippen LogP contribution in [0.1, 0.15) is 6.92 Å². The summed E-state index contributed by atoms with van der Waals surface area (Å²) in [5.74, 6) is 0.623. The minimum Gasteiger partial charge on any atom is -0.495 e. The van der Waals surface area contributed by atoms with E-state index < -0.39 is 6.29 Å². The summed E-state index contributed by atoms with van der Waals surface area (Å²) in [6.07, 6.45) is -0.448. The molecule has 0 radical (unpaired) electrons. The molecule has 0 heterocycles. The average Bonchev–Trinajstić information content (AvgIpc) is 2.31. The van der Waals surface area contributed by atoms with Crippen molar-refractivity contribution in [3.05, 3.63) is 23.2 Å². The second kappa shape index (κ2) is 6.59. The Bertz CT molecular complexity index is 403. The normalized spacial score (nSPS) is 12.0. The van der Waals surface area contributed by atoms with Crippen molar-refractivity contribution in [2.24, 2.45) is 4.99 Å². The molecule has 0 atom stereocenters. The minimum atomic E-state index is -0.448. The Balaban J connectivity index is 2.94. The highest BCUT2D eigenvalue weighted by molar-refractivity contribution is 6.32. The van der Waals surface area contributed by atoms with Gasteiger partial charge >= 0.3 is 0 Å². The number of benzene rings is 1. The fourth-order valence-corrected chi connectivity index (χ4v) is 1.67. The zero-order valence-corrected chi connectivity index (χ0v) is 11.1. The van der Waals surface area contributed by atoms with Gasteiger partial charge in [0.25, 0.3) is 0 Å².